The molecule has 0 spiro atoms. The van der Waals surface area contributed by atoms with Crippen molar-refractivity contribution < 1.29 is 48.6 Å². The second kappa shape index (κ2) is 39.4. The number of hydrogen-bond acceptors (Lipinski definition) is 13. The number of hydrogen-bond donors (Lipinski definition) is 3. The van der Waals surface area contributed by atoms with Gasteiger partial charge in [0.1, 0.15) is 5.75 Å². The highest BCUT2D eigenvalue weighted by molar-refractivity contribution is 7.95. The van der Waals surface area contributed by atoms with Crippen LogP contribution in [-0.2, 0) is 34.5 Å². The van der Waals surface area contributed by atoms with E-state index in [1.807, 2.05) is 50.2 Å². The summed E-state index contributed by atoms with van der Waals surface area (Å²) in [4.78, 5) is 1.71. The van der Waals surface area contributed by atoms with Crippen molar-refractivity contribution >= 4 is 36.1 Å². The molecule has 0 unspecified atom stereocenters. The summed E-state index contributed by atoms with van der Waals surface area (Å²) in [5, 5.41) is 33.4. The van der Waals surface area contributed by atoms with Crippen molar-refractivity contribution in [3.8, 4) is 5.75 Å². The minimum Gasteiger partial charge on any atom is -0.494 e. The van der Waals surface area contributed by atoms with E-state index in [0.29, 0.717) is 6.61 Å². The molecule has 0 saturated heterocycles. The molecule has 37 heavy (non-hydrogen) atoms. The normalized spacial score (nSPS) is 8.27. The summed E-state index contributed by atoms with van der Waals surface area (Å²) < 4.78 is 17.7. The highest BCUT2D eigenvalue weighted by Gasteiger charge is 1.96. The number of aryl methyl sites for hydroxylation is 1. The molecule has 2 aromatic rings. The third-order valence-electron chi connectivity index (χ3n) is 2.98. The van der Waals surface area contributed by atoms with Gasteiger partial charge in [-0.05, 0) is 55.3 Å². The first-order valence-corrected chi connectivity index (χ1v) is 11.2. The van der Waals surface area contributed by atoms with Gasteiger partial charge in [0.05, 0.1) is 30.7 Å². The van der Waals surface area contributed by atoms with Gasteiger partial charge >= 0.3 is 0 Å². The summed E-state index contributed by atoms with van der Waals surface area (Å²) in [7, 11) is 0. The molecule has 10 nitrogen and oxygen atoms in total. The SMILES string of the molecule is C.C.C.C.C.C.CCOc1ccc(SOOO)cc1.CCSOOO.CCc1ccc(SOOO)cc1. The fourth-order valence-electron chi connectivity index (χ4n) is 1.72. The Labute approximate surface area is 238 Å². The molecule has 0 aromatic heterocycles. The largest absolute Gasteiger partial charge is 0.494 e. The number of benzene rings is 2. The maximum absolute atomic E-state index is 7.90. The minimum absolute atomic E-state index is 0. The summed E-state index contributed by atoms with van der Waals surface area (Å²) in [6, 6.07) is 15.0. The Hall–Kier alpha value is -1.07. The van der Waals surface area contributed by atoms with E-state index in [-0.39, 0.29) is 44.6 Å². The molecule has 0 aliphatic heterocycles. The van der Waals surface area contributed by atoms with Crippen LogP contribution in [0.5, 0.6) is 5.75 Å². The fourth-order valence-corrected chi connectivity index (χ4v) is 2.57. The average Bonchev–Trinajstić information content (AvgIpc) is 2.82. The smallest absolute Gasteiger partial charge is 0.119 e. The van der Waals surface area contributed by atoms with Crippen LogP contribution in [0, 0.1) is 0 Å². The van der Waals surface area contributed by atoms with Crippen LogP contribution in [0.2, 0.25) is 0 Å². The fraction of sp³-hybridized carbons (Fsp3) is 0.500. The van der Waals surface area contributed by atoms with Crippen LogP contribution < -0.4 is 4.74 Å². The van der Waals surface area contributed by atoms with E-state index in [4.69, 9.17) is 20.5 Å². The molecule has 0 amide bonds. The first-order valence-electron chi connectivity index (χ1n) is 8.86. The topological polar surface area (TPSA) is 125 Å². The first kappa shape index (κ1) is 52.4. The Morgan fingerprint density at radius 1 is 0.595 bits per heavy atom. The minimum atomic E-state index is 0. The highest BCUT2D eigenvalue weighted by atomic mass is 32.2. The first-order chi connectivity index (χ1) is 15.1. The zero-order chi connectivity index (χ0) is 23.2. The molecular formula is C24H50O10S3. The van der Waals surface area contributed by atoms with Crippen molar-refractivity contribution in [1.29, 1.82) is 0 Å². The molecule has 2 aromatic carbocycles. The third kappa shape index (κ3) is 31.0. The van der Waals surface area contributed by atoms with Crippen LogP contribution in [0.25, 0.3) is 0 Å². The molecule has 0 aliphatic rings. The van der Waals surface area contributed by atoms with Crippen molar-refractivity contribution in [2.24, 2.45) is 0 Å². The van der Waals surface area contributed by atoms with Crippen LogP contribution in [-0.4, -0.2) is 28.1 Å². The van der Waals surface area contributed by atoms with Crippen molar-refractivity contribution in [2.45, 2.75) is 81.5 Å². The van der Waals surface area contributed by atoms with E-state index >= 15 is 0 Å². The van der Waals surface area contributed by atoms with E-state index in [9.17, 15) is 0 Å². The van der Waals surface area contributed by atoms with E-state index in [1.165, 1.54) is 5.56 Å². The molecule has 3 N–H and O–H groups in total. The van der Waals surface area contributed by atoms with Gasteiger partial charge in [0.15, 0.2) is 0 Å². The van der Waals surface area contributed by atoms with Crippen LogP contribution in [0.3, 0.4) is 0 Å². The zero-order valence-corrected chi connectivity index (χ0v) is 19.6. The molecule has 0 bridgehead atoms. The number of ether oxygens (including phenoxy) is 1. The predicted octanol–water partition coefficient (Wildman–Crippen LogP) is 10.1. The Morgan fingerprint density at radius 2 is 1.00 bits per heavy atom. The Morgan fingerprint density at radius 3 is 1.30 bits per heavy atom. The lowest BCUT2D eigenvalue weighted by molar-refractivity contribution is -0.432. The van der Waals surface area contributed by atoms with Gasteiger partial charge in [0.25, 0.3) is 0 Å². The lowest BCUT2D eigenvalue weighted by atomic mass is 10.2. The summed E-state index contributed by atoms with van der Waals surface area (Å²) in [6.45, 7) is 6.54. The van der Waals surface area contributed by atoms with E-state index in [0.717, 1.165) is 63.8 Å². The van der Waals surface area contributed by atoms with Gasteiger partial charge in [-0.3, -0.25) is 0 Å². The van der Waals surface area contributed by atoms with Crippen molar-refractivity contribution in [3.63, 3.8) is 0 Å². The second-order valence-corrected chi connectivity index (χ2v) is 7.40. The van der Waals surface area contributed by atoms with Gasteiger partial charge < -0.3 is 4.74 Å². The van der Waals surface area contributed by atoms with Crippen LogP contribution in [0.4, 0.5) is 0 Å². The molecular weight excluding hydrogens is 544 g/mol. The second-order valence-electron chi connectivity index (χ2n) is 4.90. The van der Waals surface area contributed by atoms with E-state index in [2.05, 4.69) is 35.0 Å². The van der Waals surface area contributed by atoms with Gasteiger partial charge in [-0.2, -0.15) is 0 Å². The van der Waals surface area contributed by atoms with Crippen molar-refractivity contribution in [3.05, 3.63) is 54.1 Å². The molecule has 0 atom stereocenters. The molecule has 0 fully saturated rings. The van der Waals surface area contributed by atoms with E-state index < -0.39 is 0 Å². The monoisotopic (exact) mass is 594 g/mol. The molecule has 224 valence electrons. The lowest BCUT2D eigenvalue weighted by Gasteiger charge is -2.02. The molecule has 2 rings (SSSR count). The molecule has 13 heteroatoms. The van der Waals surface area contributed by atoms with Crippen LogP contribution in [0.1, 0.15) is 70.9 Å². The Kier molecular flexibility index (Phi) is 55.8. The van der Waals surface area contributed by atoms with Crippen LogP contribution >= 0.6 is 36.1 Å². The van der Waals surface area contributed by atoms with Gasteiger partial charge in [-0.1, -0.05) is 85.7 Å². The Balaban J connectivity index is -0.0000000710. The molecule has 0 saturated carbocycles. The summed E-state index contributed by atoms with van der Waals surface area (Å²) in [5.41, 5.74) is 1.27. The van der Waals surface area contributed by atoms with Gasteiger partial charge in [0.2, 0.25) is 0 Å². The predicted molar refractivity (Wildman–Crippen MR) is 158 cm³/mol. The van der Waals surface area contributed by atoms with Crippen LogP contribution in [0.15, 0.2) is 58.3 Å². The highest BCUT2D eigenvalue weighted by Crippen LogP contribution is 2.22. The Bertz CT molecular complexity index is 632. The maximum Gasteiger partial charge on any atom is 0.119 e. The van der Waals surface area contributed by atoms with Gasteiger partial charge in [-0.25, -0.2) is 15.8 Å². The lowest BCUT2D eigenvalue weighted by Crippen LogP contribution is -1.90. The maximum atomic E-state index is 7.90. The summed E-state index contributed by atoms with van der Waals surface area (Å²) in [5.74, 6) is 1.57. The standard InChI is InChI=1S/C8H10O4S.C8H10O3S.C2H6O3S.6CH4/c1-2-10-7-3-5-8(6-4-7)13-12-11-9;1-2-7-3-5-8(6-4-7)12-11-10-9;1-2-6-5-4-3;;;;;;/h3-6,9H,2H2,1H3;3-6,9H,2H2,1H3;3H,2H2,1H3;6*1H4. The number of rotatable bonds is 12. The zero-order valence-electron chi connectivity index (χ0n) is 17.2. The molecule has 0 radical (unpaired) electrons. The summed E-state index contributed by atoms with van der Waals surface area (Å²) in [6.07, 6.45) is 1.02. The van der Waals surface area contributed by atoms with Gasteiger partial charge in [0, 0.05) is 27.6 Å². The summed E-state index contributed by atoms with van der Waals surface area (Å²) >= 11 is 2.92. The van der Waals surface area contributed by atoms with Crippen molar-refractivity contribution in [2.75, 3.05) is 12.4 Å². The van der Waals surface area contributed by atoms with Gasteiger partial charge in [-0.15, -0.1) is 13.0 Å². The quantitative estimate of drug-likeness (QED) is 0.0934. The van der Waals surface area contributed by atoms with Crippen molar-refractivity contribution in [1.82, 2.24) is 0 Å². The average molecular weight is 595 g/mol. The third-order valence-corrected chi connectivity index (χ3v) is 4.56. The molecule has 0 aliphatic carbocycles. The molecule has 0 heterocycles. The van der Waals surface area contributed by atoms with E-state index in [1.54, 1.807) is 12.1 Å².